The number of benzene rings is 1. The highest BCUT2D eigenvalue weighted by molar-refractivity contribution is 5.94. The minimum Gasteiger partial charge on any atom is -0.496 e. The second-order valence-electron chi connectivity index (χ2n) is 6.51. The van der Waals surface area contributed by atoms with E-state index in [1.807, 2.05) is 13.8 Å². The Balaban J connectivity index is 1.86. The molecule has 0 fully saturated rings. The number of carbonyl (C=O) groups excluding carboxylic acids is 1. The Labute approximate surface area is 177 Å². The smallest absolute Gasteiger partial charge is 0.293 e. The predicted octanol–water partition coefficient (Wildman–Crippen LogP) is 1.15. The second kappa shape index (κ2) is 9.11. The summed E-state index contributed by atoms with van der Waals surface area (Å²) in [6.07, 6.45) is 1.41. The molecule has 0 atom stereocenters. The normalized spacial score (nSPS) is 11.2. The van der Waals surface area contributed by atoms with Gasteiger partial charge in [0.25, 0.3) is 5.91 Å². The fraction of sp³-hybridized carbons (Fsp3) is 0.333. The summed E-state index contributed by atoms with van der Waals surface area (Å²) >= 11 is 0. The SMILES string of the molecule is COc1cc(OC)c(OC)cc1C=NNC(=O)c1nnn(-c2nonc2N)c1C(C)C. The van der Waals surface area contributed by atoms with Crippen molar-refractivity contribution in [1.29, 1.82) is 0 Å². The quantitative estimate of drug-likeness (QED) is 0.391. The monoisotopic (exact) mass is 430 g/mol. The van der Waals surface area contributed by atoms with Crippen molar-refractivity contribution < 1.29 is 23.6 Å². The average molecular weight is 430 g/mol. The Morgan fingerprint density at radius 3 is 2.42 bits per heavy atom. The number of methoxy groups -OCH3 is 3. The van der Waals surface area contributed by atoms with Gasteiger partial charge in [0.15, 0.2) is 17.2 Å². The summed E-state index contributed by atoms with van der Waals surface area (Å²) in [6, 6.07) is 3.32. The van der Waals surface area contributed by atoms with Crippen LogP contribution < -0.4 is 25.4 Å². The van der Waals surface area contributed by atoms with E-state index in [9.17, 15) is 4.79 Å². The number of carbonyl (C=O) groups is 1. The van der Waals surface area contributed by atoms with Crippen molar-refractivity contribution in [2.24, 2.45) is 5.10 Å². The zero-order valence-corrected chi connectivity index (χ0v) is 17.6. The van der Waals surface area contributed by atoms with Crippen LogP contribution in [0.4, 0.5) is 5.82 Å². The number of hydrogen-bond donors (Lipinski definition) is 2. The first kappa shape index (κ1) is 21.5. The third kappa shape index (κ3) is 4.24. The minimum atomic E-state index is -0.569. The van der Waals surface area contributed by atoms with Crippen molar-refractivity contribution in [1.82, 2.24) is 30.7 Å². The number of hydrogen-bond acceptors (Lipinski definition) is 11. The number of anilines is 1. The van der Waals surface area contributed by atoms with E-state index in [1.165, 1.54) is 32.2 Å². The van der Waals surface area contributed by atoms with Gasteiger partial charge in [-0.05, 0) is 22.3 Å². The largest absolute Gasteiger partial charge is 0.496 e. The molecule has 1 amide bonds. The van der Waals surface area contributed by atoms with Crippen LogP contribution in [-0.2, 0) is 0 Å². The van der Waals surface area contributed by atoms with E-state index in [2.05, 4.69) is 35.8 Å². The lowest BCUT2D eigenvalue weighted by atomic mass is 10.1. The van der Waals surface area contributed by atoms with Crippen molar-refractivity contribution in [3.63, 3.8) is 0 Å². The van der Waals surface area contributed by atoms with Crippen molar-refractivity contribution >= 4 is 17.9 Å². The molecule has 31 heavy (non-hydrogen) atoms. The Morgan fingerprint density at radius 2 is 1.84 bits per heavy atom. The molecular formula is C18H22N8O5. The van der Waals surface area contributed by atoms with E-state index in [1.54, 1.807) is 12.1 Å². The van der Waals surface area contributed by atoms with Gasteiger partial charge in [-0.25, -0.2) is 10.1 Å². The highest BCUT2D eigenvalue weighted by Crippen LogP contribution is 2.33. The first-order valence-electron chi connectivity index (χ1n) is 9.08. The first-order chi connectivity index (χ1) is 14.9. The van der Waals surface area contributed by atoms with Gasteiger partial charge in [-0.1, -0.05) is 19.1 Å². The van der Waals surface area contributed by atoms with Crippen LogP contribution in [0.3, 0.4) is 0 Å². The van der Waals surface area contributed by atoms with Crippen LogP contribution in [-0.4, -0.2) is 58.8 Å². The molecule has 3 N–H and O–H groups in total. The van der Waals surface area contributed by atoms with Crippen LogP contribution >= 0.6 is 0 Å². The molecule has 3 rings (SSSR count). The van der Waals surface area contributed by atoms with Gasteiger partial charge in [-0.3, -0.25) is 4.79 Å². The van der Waals surface area contributed by atoms with Crippen LogP contribution in [0.15, 0.2) is 21.9 Å². The summed E-state index contributed by atoms with van der Waals surface area (Å²) in [5.74, 6) is 0.937. The zero-order chi connectivity index (χ0) is 22.5. The van der Waals surface area contributed by atoms with E-state index < -0.39 is 5.91 Å². The molecule has 0 aliphatic rings. The van der Waals surface area contributed by atoms with Gasteiger partial charge in [0.1, 0.15) is 5.75 Å². The lowest BCUT2D eigenvalue weighted by Gasteiger charge is -2.11. The van der Waals surface area contributed by atoms with Crippen molar-refractivity contribution in [3.05, 3.63) is 29.1 Å². The van der Waals surface area contributed by atoms with E-state index in [0.29, 0.717) is 28.5 Å². The maximum Gasteiger partial charge on any atom is 0.293 e. The van der Waals surface area contributed by atoms with Gasteiger partial charge in [-0.2, -0.15) is 9.78 Å². The number of nitrogens with one attached hydrogen (secondary N) is 1. The number of hydrazone groups is 1. The van der Waals surface area contributed by atoms with Crippen LogP contribution in [0.5, 0.6) is 17.2 Å². The molecule has 13 heteroatoms. The standard InChI is InChI=1S/C18H22N8O5/c1-9(2)15-14(21-25-26(15)17-16(19)23-31-24-17)18(27)22-20-8-10-6-12(29-4)13(30-5)7-11(10)28-3/h6-9H,1-5H3,(H2,19,23)(H,22,27). The Bertz CT molecular complexity index is 1100. The van der Waals surface area contributed by atoms with Gasteiger partial charge in [-0.15, -0.1) is 5.10 Å². The zero-order valence-electron chi connectivity index (χ0n) is 17.6. The first-order valence-corrected chi connectivity index (χ1v) is 9.08. The molecule has 3 aromatic rings. The molecule has 0 saturated heterocycles. The molecule has 0 radical (unpaired) electrons. The molecule has 1 aromatic carbocycles. The van der Waals surface area contributed by atoms with Crippen LogP contribution in [0, 0.1) is 0 Å². The topological polar surface area (TPSA) is 165 Å². The summed E-state index contributed by atoms with van der Waals surface area (Å²) in [5, 5.41) is 19.1. The van der Waals surface area contributed by atoms with Gasteiger partial charge < -0.3 is 19.9 Å². The molecule has 13 nitrogen and oxygen atoms in total. The Morgan fingerprint density at radius 1 is 1.16 bits per heavy atom. The number of aromatic nitrogens is 5. The third-order valence-electron chi connectivity index (χ3n) is 4.27. The van der Waals surface area contributed by atoms with E-state index in [4.69, 9.17) is 19.9 Å². The molecular weight excluding hydrogens is 408 g/mol. The van der Waals surface area contributed by atoms with Gasteiger partial charge in [0.2, 0.25) is 11.6 Å². The maximum absolute atomic E-state index is 12.7. The third-order valence-corrected chi connectivity index (χ3v) is 4.27. The van der Waals surface area contributed by atoms with E-state index in [-0.39, 0.29) is 23.2 Å². The number of rotatable bonds is 8. The summed E-state index contributed by atoms with van der Waals surface area (Å²) in [6.45, 7) is 3.74. The molecule has 0 unspecified atom stereocenters. The number of ether oxygens (including phenoxy) is 3. The fourth-order valence-electron chi connectivity index (χ4n) is 2.83. The number of nitrogens with zero attached hydrogens (tertiary/aromatic N) is 6. The highest BCUT2D eigenvalue weighted by Gasteiger charge is 2.25. The minimum absolute atomic E-state index is 0.0253. The average Bonchev–Trinajstić information content (AvgIpc) is 3.39. The number of nitrogen functional groups attached to an aromatic ring is 1. The van der Waals surface area contributed by atoms with Crippen LogP contribution in [0.1, 0.15) is 41.5 Å². The molecule has 2 aromatic heterocycles. The number of amides is 1. The Hall–Kier alpha value is -4.16. The number of nitrogens with two attached hydrogens (primary N) is 1. The van der Waals surface area contributed by atoms with Crippen LogP contribution in [0.25, 0.3) is 5.82 Å². The molecule has 0 saturated carbocycles. The molecule has 164 valence electrons. The molecule has 0 aliphatic carbocycles. The maximum atomic E-state index is 12.7. The predicted molar refractivity (Wildman–Crippen MR) is 109 cm³/mol. The van der Waals surface area contributed by atoms with Gasteiger partial charge in [0.05, 0.1) is 33.2 Å². The lowest BCUT2D eigenvalue weighted by molar-refractivity contribution is 0.0948. The van der Waals surface area contributed by atoms with E-state index >= 15 is 0 Å². The molecule has 0 aliphatic heterocycles. The second-order valence-corrected chi connectivity index (χ2v) is 6.51. The molecule has 0 bridgehead atoms. The molecule has 2 heterocycles. The highest BCUT2D eigenvalue weighted by atomic mass is 16.6. The van der Waals surface area contributed by atoms with Crippen molar-refractivity contribution in [2.75, 3.05) is 27.1 Å². The summed E-state index contributed by atoms with van der Waals surface area (Å²) < 4.78 is 21.8. The van der Waals surface area contributed by atoms with E-state index in [0.717, 1.165) is 0 Å². The Kier molecular flexibility index (Phi) is 6.33. The van der Waals surface area contributed by atoms with Gasteiger partial charge >= 0.3 is 0 Å². The lowest BCUT2D eigenvalue weighted by Crippen LogP contribution is -2.21. The van der Waals surface area contributed by atoms with Crippen LogP contribution in [0.2, 0.25) is 0 Å². The molecule has 0 spiro atoms. The van der Waals surface area contributed by atoms with Crippen molar-refractivity contribution in [2.45, 2.75) is 19.8 Å². The fourth-order valence-corrected chi connectivity index (χ4v) is 2.83. The van der Waals surface area contributed by atoms with Gasteiger partial charge in [0, 0.05) is 11.6 Å². The summed E-state index contributed by atoms with van der Waals surface area (Å²) in [5.41, 5.74) is 9.26. The summed E-state index contributed by atoms with van der Waals surface area (Å²) in [7, 11) is 4.54. The summed E-state index contributed by atoms with van der Waals surface area (Å²) in [4.78, 5) is 12.7. The van der Waals surface area contributed by atoms with Crippen molar-refractivity contribution in [3.8, 4) is 23.1 Å².